The molecule has 4 heteroatoms. The SMILES string of the molecule is N#COc1cc(Cl)ccc1Cl. The highest BCUT2D eigenvalue weighted by molar-refractivity contribution is 6.34. The van der Waals surface area contributed by atoms with E-state index < -0.39 is 0 Å². The Kier molecular flexibility index (Phi) is 2.58. The van der Waals surface area contributed by atoms with Crippen molar-refractivity contribution in [2.75, 3.05) is 0 Å². The van der Waals surface area contributed by atoms with E-state index in [0.29, 0.717) is 10.0 Å². The van der Waals surface area contributed by atoms with Gasteiger partial charge in [-0.3, -0.25) is 0 Å². The second kappa shape index (κ2) is 3.47. The third kappa shape index (κ3) is 2.01. The fourth-order valence-corrected chi connectivity index (χ4v) is 0.923. The molecule has 56 valence electrons. The monoisotopic (exact) mass is 187 g/mol. The zero-order valence-electron chi connectivity index (χ0n) is 5.34. The highest BCUT2D eigenvalue weighted by Gasteiger charge is 2.00. The molecule has 0 saturated heterocycles. The molecule has 0 radical (unpaired) electrons. The van der Waals surface area contributed by atoms with E-state index in [1.165, 1.54) is 12.3 Å². The number of hydrogen-bond donors (Lipinski definition) is 0. The summed E-state index contributed by atoms with van der Waals surface area (Å²) in [6.45, 7) is 0. The van der Waals surface area contributed by atoms with Gasteiger partial charge in [0.15, 0.2) is 5.75 Å². The van der Waals surface area contributed by atoms with E-state index in [2.05, 4.69) is 4.74 Å². The van der Waals surface area contributed by atoms with Gasteiger partial charge in [0.1, 0.15) is 0 Å². The second-order valence-electron chi connectivity index (χ2n) is 1.77. The smallest absolute Gasteiger partial charge is 0.292 e. The van der Waals surface area contributed by atoms with Crippen molar-refractivity contribution in [3.8, 4) is 12.0 Å². The first-order chi connectivity index (χ1) is 5.24. The second-order valence-corrected chi connectivity index (χ2v) is 2.61. The molecule has 1 aromatic rings. The van der Waals surface area contributed by atoms with E-state index >= 15 is 0 Å². The molecule has 0 aliphatic heterocycles. The van der Waals surface area contributed by atoms with Crippen molar-refractivity contribution in [3.05, 3.63) is 28.2 Å². The molecule has 1 rings (SSSR count). The third-order valence-electron chi connectivity index (χ3n) is 1.05. The minimum Gasteiger partial charge on any atom is -0.386 e. The van der Waals surface area contributed by atoms with Crippen molar-refractivity contribution in [1.82, 2.24) is 0 Å². The maximum atomic E-state index is 8.16. The highest BCUT2D eigenvalue weighted by atomic mass is 35.5. The van der Waals surface area contributed by atoms with Gasteiger partial charge in [-0.1, -0.05) is 23.2 Å². The van der Waals surface area contributed by atoms with Crippen LogP contribution >= 0.6 is 23.2 Å². The lowest BCUT2D eigenvalue weighted by Crippen LogP contribution is -1.82. The van der Waals surface area contributed by atoms with Gasteiger partial charge in [-0.15, -0.1) is 5.26 Å². The van der Waals surface area contributed by atoms with Crippen molar-refractivity contribution in [2.24, 2.45) is 0 Å². The maximum Gasteiger partial charge on any atom is 0.292 e. The molecule has 0 heterocycles. The van der Waals surface area contributed by atoms with Gasteiger partial charge in [-0.05, 0) is 12.1 Å². The van der Waals surface area contributed by atoms with Crippen LogP contribution in [0.1, 0.15) is 0 Å². The maximum absolute atomic E-state index is 8.16. The lowest BCUT2D eigenvalue weighted by atomic mass is 10.3. The Morgan fingerprint density at radius 2 is 2.09 bits per heavy atom. The summed E-state index contributed by atoms with van der Waals surface area (Å²) in [6, 6.07) is 4.66. The van der Waals surface area contributed by atoms with Crippen LogP contribution in [0.15, 0.2) is 18.2 Å². The molecule has 0 spiro atoms. The van der Waals surface area contributed by atoms with Crippen molar-refractivity contribution < 1.29 is 4.74 Å². The number of rotatable bonds is 1. The van der Waals surface area contributed by atoms with Gasteiger partial charge in [0.2, 0.25) is 0 Å². The van der Waals surface area contributed by atoms with Crippen LogP contribution < -0.4 is 4.74 Å². The lowest BCUT2D eigenvalue weighted by Gasteiger charge is -1.98. The molecule has 0 aliphatic carbocycles. The molecule has 0 fully saturated rings. The van der Waals surface area contributed by atoms with Crippen LogP contribution in [0.25, 0.3) is 0 Å². The summed E-state index contributed by atoms with van der Waals surface area (Å²) in [4.78, 5) is 0. The van der Waals surface area contributed by atoms with Crippen LogP contribution in [-0.4, -0.2) is 0 Å². The van der Waals surface area contributed by atoms with Gasteiger partial charge in [-0.2, -0.15) is 0 Å². The van der Waals surface area contributed by atoms with E-state index in [1.54, 1.807) is 12.1 Å². The first kappa shape index (κ1) is 8.19. The molecular weight excluding hydrogens is 185 g/mol. The Balaban J connectivity index is 3.05. The van der Waals surface area contributed by atoms with Crippen LogP contribution in [0.3, 0.4) is 0 Å². The molecule has 0 aromatic heterocycles. The molecule has 2 nitrogen and oxygen atoms in total. The van der Waals surface area contributed by atoms with Gasteiger partial charge in [0.05, 0.1) is 5.02 Å². The molecule has 0 atom stereocenters. The lowest BCUT2D eigenvalue weighted by molar-refractivity contribution is 0.507. The molecule has 0 unspecified atom stereocenters. The van der Waals surface area contributed by atoms with Crippen molar-refractivity contribution in [1.29, 1.82) is 5.26 Å². The van der Waals surface area contributed by atoms with E-state index in [4.69, 9.17) is 28.5 Å². The van der Waals surface area contributed by atoms with Crippen molar-refractivity contribution in [3.63, 3.8) is 0 Å². The van der Waals surface area contributed by atoms with Crippen LogP contribution in [0.5, 0.6) is 5.75 Å². The minimum absolute atomic E-state index is 0.279. The number of nitrogens with zero attached hydrogens (tertiary/aromatic N) is 1. The van der Waals surface area contributed by atoms with E-state index in [-0.39, 0.29) is 5.75 Å². The van der Waals surface area contributed by atoms with Crippen molar-refractivity contribution in [2.45, 2.75) is 0 Å². The summed E-state index contributed by atoms with van der Waals surface area (Å²) in [5, 5.41) is 9.02. The van der Waals surface area contributed by atoms with Gasteiger partial charge in [0, 0.05) is 11.1 Å². The Labute approximate surface area is 73.9 Å². The van der Waals surface area contributed by atoms with Gasteiger partial charge in [-0.25, -0.2) is 0 Å². The fraction of sp³-hybridized carbons (Fsp3) is 0. The van der Waals surface area contributed by atoms with E-state index in [0.717, 1.165) is 0 Å². The number of benzene rings is 1. The van der Waals surface area contributed by atoms with Crippen LogP contribution in [0, 0.1) is 11.5 Å². The summed E-state index contributed by atoms with van der Waals surface area (Å²) < 4.78 is 4.51. The van der Waals surface area contributed by atoms with E-state index in [9.17, 15) is 0 Å². The van der Waals surface area contributed by atoms with E-state index in [1.807, 2.05) is 0 Å². The summed E-state index contributed by atoms with van der Waals surface area (Å²) in [5.74, 6) is 0.279. The molecular formula is C7H3Cl2NO. The number of ether oxygens (including phenoxy) is 1. The Bertz CT molecular complexity index is 306. The molecule has 1 aromatic carbocycles. The third-order valence-corrected chi connectivity index (χ3v) is 1.60. The summed E-state index contributed by atoms with van der Waals surface area (Å²) >= 11 is 11.2. The predicted octanol–water partition coefficient (Wildman–Crippen LogP) is 2.85. The first-order valence-electron chi connectivity index (χ1n) is 2.75. The zero-order chi connectivity index (χ0) is 8.27. The molecule has 0 bridgehead atoms. The highest BCUT2D eigenvalue weighted by Crippen LogP contribution is 2.27. The number of nitriles is 1. The molecule has 0 aliphatic rings. The van der Waals surface area contributed by atoms with Crippen LogP contribution in [0.2, 0.25) is 10.0 Å². The first-order valence-corrected chi connectivity index (χ1v) is 3.50. The molecule has 0 N–H and O–H groups in total. The van der Waals surface area contributed by atoms with Gasteiger partial charge in [0.25, 0.3) is 6.26 Å². The summed E-state index contributed by atoms with van der Waals surface area (Å²) in [6.07, 6.45) is 1.51. The number of halogens is 2. The van der Waals surface area contributed by atoms with Gasteiger partial charge >= 0.3 is 0 Å². The Morgan fingerprint density at radius 3 is 2.73 bits per heavy atom. The molecule has 0 amide bonds. The van der Waals surface area contributed by atoms with Crippen LogP contribution in [-0.2, 0) is 0 Å². The summed E-state index contributed by atoms with van der Waals surface area (Å²) in [7, 11) is 0. The number of hydrogen-bond acceptors (Lipinski definition) is 2. The Morgan fingerprint density at radius 1 is 1.36 bits per heavy atom. The molecule has 0 saturated carbocycles. The normalized spacial score (nSPS) is 8.82. The quantitative estimate of drug-likeness (QED) is 0.634. The van der Waals surface area contributed by atoms with Gasteiger partial charge < -0.3 is 4.74 Å². The summed E-state index contributed by atoms with van der Waals surface area (Å²) in [5.41, 5.74) is 0. The fourth-order valence-electron chi connectivity index (χ4n) is 0.605. The minimum atomic E-state index is 0.279. The van der Waals surface area contributed by atoms with Crippen molar-refractivity contribution >= 4 is 23.2 Å². The predicted molar refractivity (Wildman–Crippen MR) is 42.7 cm³/mol. The standard InChI is InChI=1S/C7H3Cl2NO/c8-5-1-2-6(9)7(3-5)11-4-10/h1-3H. The Hall–Kier alpha value is -0.910. The average molecular weight is 188 g/mol. The largest absolute Gasteiger partial charge is 0.386 e. The van der Waals surface area contributed by atoms with Crippen LogP contribution in [0.4, 0.5) is 0 Å². The average Bonchev–Trinajstić information content (AvgIpc) is 1.98. The topological polar surface area (TPSA) is 33.0 Å². The zero-order valence-corrected chi connectivity index (χ0v) is 6.86. The molecule has 11 heavy (non-hydrogen) atoms.